The molecule has 0 saturated heterocycles. The molecule has 30 heavy (non-hydrogen) atoms. The number of carbonyl (C=O) groups excluding carboxylic acids is 4. The zero-order chi connectivity index (χ0) is 22.3. The van der Waals surface area contributed by atoms with Crippen molar-refractivity contribution in [1.29, 1.82) is 0 Å². The van der Waals surface area contributed by atoms with Crippen LogP contribution in [0.5, 0.6) is 0 Å². The lowest BCUT2D eigenvalue weighted by Crippen LogP contribution is -2.35. The van der Waals surface area contributed by atoms with Crippen LogP contribution in [0, 0.1) is 20.8 Å². The quantitative estimate of drug-likeness (QED) is 0.449. The first kappa shape index (κ1) is 23.6. The van der Waals surface area contributed by atoms with Gasteiger partial charge in [-0.3, -0.25) is 19.2 Å². The van der Waals surface area contributed by atoms with E-state index in [1.807, 2.05) is 32.9 Å². The van der Waals surface area contributed by atoms with Crippen molar-refractivity contribution < 1.29 is 23.9 Å². The number of benzene rings is 1. The molecule has 0 aliphatic heterocycles. The summed E-state index contributed by atoms with van der Waals surface area (Å²) in [5.41, 5.74) is 3.67. The number of amides is 2. The molecule has 0 atom stereocenters. The lowest BCUT2D eigenvalue weighted by molar-refractivity contribution is -0.148. The molecule has 0 aliphatic rings. The number of rotatable bonds is 9. The van der Waals surface area contributed by atoms with Gasteiger partial charge in [-0.05, 0) is 44.0 Å². The zero-order valence-corrected chi connectivity index (χ0v) is 18.5. The molecule has 2 amide bonds. The summed E-state index contributed by atoms with van der Waals surface area (Å²) >= 11 is 6.91. The predicted octanol–water partition coefficient (Wildman–Crippen LogP) is 3.59. The average Bonchev–Trinajstić information content (AvgIpc) is 3.12. The van der Waals surface area contributed by atoms with Crippen molar-refractivity contribution in [2.45, 2.75) is 33.6 Å². The van der Waals surface area contributed by atoms with Crippen molar-refractivity contribution in [2.75, 3.05) is 18.5 Å². The molecule has 160 valence electrons. The number of carbonyl (C=O) groups is 4. The van der Waals surface area contributed by atoms with Crippen LogP contribution in [-0.4, -0.2) is 36.7 Å². The summed E-state index contributed by atoms with van der Waals surface area (Å²) in [4.78, 5) is 48.0. The Labute approximate surface area is 183 Å². The number of esters is 1. The van der Waals surface area contributed by atoms with Gasteiger partial charge in [-0.15, -0.1) is 11.3 Å². The number of thiophene rings is 1. The largest absolute Gasteiger partial charge is 0.456 e. The van der Waals surface area contributed by atoms with Gasteiger partial charge in [0.2, 0.25) is 5.91 Å². The molecule has 0 unspecified atom stereocenters. The highest BCUT2D eigenvalue weighted by Gasteiger charge is 2.14. The van der Waals surface area contributed by atoms with Crippen molar-refractivity contribution >= 4 is 52.2 Å². The summed E-state index contributed by atoms with van der Waals surface area (Å²) in [5, 5.41) is 5.16. The molecule has 2 rings (SSSR count). The molecular weight excluding hydrogens is 428 g/mol. The van der Waals surface area contributed by atoms with E-state index in [1.165, 1.54) is 0 Å². The fourth-order valence-electron chi connectivity index (χ4n) is 2.81. The monoisotopic (exact) mass is 450 g/mol. The van der Waals surface area contributed by atoms with Crippen LogP contribution in [0.4, 0.5) is 5.69 Å². The Morgan fingerprint density at radius 2 is 1.67 bits per heavy atom. The van der Waals surface area contributed by atoms with Crippen LogP contribution >= 0.6 is 22.9 Å². The van der Waals surface area contributed by atoms with Crippen LogP contribution in [0.15, 0.2) is 24.3 Å². The number of halogens is 1. The van der Waals surface area contributed by atoms with Gasteiger partial charge < -0.3 is 15.4 Å². The third-order valence-electron chi connectivity index (χ3n) is 4.16. The summed E-state index contributed by atoms with van der Waals surface area (Å²) in [7, 11) is 0. The van der Waals surface area contributed by atoms with Gasteiger partial charge in [0.05, 0.1) is 22.2 Å². The van der Waals surface area contributed by atoms with Gasteiger partial charge in [0.1, 0.15) is 0 Å². The summed E-state index contributed by atoms with van der Waals surface area (Å²) in [6, 6.07) is 7.12. The zero-order valence-electron chi connectivity index (χ0n) is 17.0. The average molecular weight is 451 g/mol. The molecule has 0 aliphatic carbocycles. The van der Waals surface area contributed by atoms with Crippen molar-refractivity contribution in [3.8, 4) is 0 Å². The molecule has 1 heterocycles. The van der Waals surface area contributed by atoms with Crippen LogP contribution < -0.4 is 10.6 Å². The Hall–Kier alpha value is -2.71. The lowest BCUT2D eigenvalue weighted by Gasteiger charge is -2.13. The summed E-state index contributed by atoms with van der Waals surface area (Å²) in [6.07, 6.45) is -0.178. The third-order valence-corrected chi connectivity index (χ3v) is 5.43. The molecular formula is C21H23ClN2O5S. The minimum Gasteiger partial charge on any atom is -0.456 e. The molecule has 0 saturated carbocycles. The first-order valence-corrected chi connectivity index (χ1v) is 10.4. The van der Waals surface area contributed by atoms with E-state index in [0.717, 1.165) is 28.0 Å². The van der Waals surface area contributed by atoms with Crippen LogP contribution in [-0.2, 0) is 19.1 Å². The Morgan fingerprint density at radius 1 is 1.00 bits per heavy atom. The molecule has 2 aromatic rings. The summed E-state index contributed by atoms with van der Waals surface area (Å²) < 4.78 is 5.33. The molecule has 2 N–H and O–H groups in total. The van der Waals surface area contributed by atoms with Crippen molar-refractivity contribution in [2.24, 2.45) is 0 Å². The van der Waals surface area contributed by atoms with E-state index < -0.39 is 18.5 Å². The SMILES string of the molecule is Cc1cc(C)c(NC(=O)CNC(=O)COC(=O)CCC(=O)c2ccc(Cl)s2)c(C)c1. The van der Waals surface area contributed by atoms with Crippen LogP contribution in [0.1, 0.15) is 39.2 Å². The van der Waals surface area contributed by atoms with E-state index in [2.05, 4.69) is 10.6 Å². The molecule has 0 bridgehead atoms. The van der Waals surface area contributed by atoms with Crippen molar-refractivity contribution in [3.63, 3.8) is 0 Å². The van der Waals surface area contributed by atoms with E-state index in [0.29, 0.717) is 14.9 Å². The lowest BCUT2D eigenvalue weighted by atomic mass is 10.1. The summed E-state index contributed by atoms with van der Waals surface area (Å²) in [5.74, 6) is -1.87. The number of ketones is 1. The number of hydrogen-bond acceptors (Lipinski definition) is 6. The highest BCUT2D eigenvalue weighted by atomic mass is 35.5. The van der Waals surface area contributed by atoms with Gasteiger partial charge in [0.25, 0.3) is 5.91 Å². The molecule has 0 spiro atoms. The van der Waals surface area contributed by atoms with E-state index >= 15 is 0 Å². The maximum atomic E-state index is 12.1. The maximum Gasteiger partial charge on any atom is 0.306 e. The van der Waals surface area contributed by atoms with Gasteiger partial charge >= 0.3 is 5.97 Å². The predicted molar refractivity (Wildman–Crippen MR) is 116 cm³/mol. The topological polar surface area (TPSA) is 102 Å². The van der Waals surface area contributed by atoms with E-state index in [9.17, 15) is 19.2 Å². The number of aryl methyl sites for hydroxylation is 3. The molecule has 7 nitrogen and oxygen atoms in total. The second-order valence-corrected chi connectivity index (χ2v) is 8.50. The minimum absolute atomic E-state index is 0.0328. The molecule has 1 aromatic carbocycles. The van der Waals surface area contributed by atoms with Gasteiger partial charge in [-0.25, -0.2) is 0 Å². The minimum atomic E-state index is -0.670. The Morgan fingerprint density at radius 3 is 2.27 bits per heavy atom. The normalized spacial score (nSPS) is 10.4. The standard InChI is InChI=1S/C21H23ClN2O5S/c1-12-8-13(2)21(14(3)9-12)24-18(26)10-23-19(27)11-29-20(28)7-4-15(25)16-5-6-17(22)30-16/h5-6,8-9H,4,7,10-11H2,1-3H3,(H,23,27)(H,24,26). The highest BCUT2D eigenvalue weighted by molar-refractivity contribution is 7.18. The van der Waals surface area contributed by atoms with Crippen LogP contribution in [0.25, 0.3) is 0 Å². The molecule has 0 fully saturated rings. The Bertz CT molecular complexity index is 947. The third kappa shape index (κ3) is 7.27. The second kappa shape index (κ2) is 10.9. The number of Topliss-reactive ketones (excluding diaryl/α,β-unsaturated/α-hetero) is 1. The fraction of sp³-hybridized carbons (Fsp3) is 0.333. The number of anilines is 1. The van der Waals surface area contributed by atoms with Crippen molar-refractivity contribution in [1.82, 2.24) is 5.32 Å². The molecule has 9 heteroatoms. The van der Waals surface area contributed by atoms with Gasteiger partial charge in [-0.2, -0.15) is 0 Å². The maximum absolute atomic E-state index is 12.1. The second-order valence-electron chi connectivity index (χ2n) is 6.79. The molecule has 0 radical (unpaired) electrons. The summed E-state index contributed by atoms with van der Waals surface area (Å²) in [6.45, 7) is 4.99. The smallest absolute Gasteiger partial charge is 0.306 e. The van der Waals surface area contributed by atoms with Crippen molar-refractivity contribution in [3.05, 3.63) is 50.2 Å². The van der Waals surface area contributed by atoms with E-state index in [1.54, 1.807) is 12.1 Å². The number of nitrogens with one attached hydrogen (secondary N) is 2. The first-order chi connectivity index (χ1) is 14.2. The van der Waals surface area contributed by atoms with E-state index in [-0.39, 0.29) is 31.1 Å². The Balaban J connectivity index is 1.68. The Kier molecular flexibility index (Phi) is 8.56. The molecule has 1 aromatic heterocycles. The number of ether oxygens (including phenoxy) is 1. The highest BCUT2D eigenvalue weighted by Crippen LogP contribution is 2.23. The van der Waals surface area contributed by atoms with Gasteiger partial charge in [0, 0.05) is 12.1 Å². The van der Waals surface area contributed by atoms with Crippen LogP contribution in [0.3, 0.4) is 0 Å². The van der Waals surface area contributed by atoms with Crippen LogP contribution in [0.2, 0.25) is 4.34 Å². The van der Waals surface area contributed by atoms with Gasteiger partial charge in [-0.1, -0.05) is 29.3 Å². The van der Waals surface area contributed by atoms with E-state index in [4.69, 9.17) is 16.3 Å². The number of hydrogen-bond donors (Lipinski definition) is 2. The first-order valence-electron chi connectivity index (χ1n) is 9.24. The fourth-order valence-corrected chi connectivity index (χ4v) is 3.82. The van der Waals surface area contributed by atoms with Gasteiger partial charge in [0.15, 0.2) is 12.4 Å².